The Balaban J connectivity index is 2.06. The third-order valence-corrected chi connectivity index (χ3v) is 3.74. The molecule has 0 aromatic heterocycles. The van der Waals surface area contributed by atoms with E-state index in [0.29, 0.717) is 5.56 Å². The summed E-state index contributed by atoms with van der Waals surface area (Å²) < 4.78 is 13.3. The number of benzene rings is 2. The Labute approximate surface area is 131 Å². The largest absolute Gasteiger partial charge is 0.481 e. The molecule has 0 spiro atoms. The molecule has 0 aliphatic carbocycles. The molecule has 0 fully saturated rings. The van der Waals surface area contributed by atoms with Gasteiger partial charge in [0.25, 0.3) is 11.8 Å². The number of rotatable bonds is 4. The molecule has 23 heavy (non-hydrogen) atoms. The van der Waals surface area contributed by atoms with Crippen molar-refractivity contribution in [3.05, 3.63) is 71.0 Å². The number of carboxylic acid groups (broad SMARTS) is 1. The maximum Gasteiger partial charge on any atom is 0.305 e. The third-order valence-electron chi connectivity index (χ3n) is 3.74. The number of nitrogens with zero attached hydrogens (tertiary/aromatic N) is 1. The maximum absolute atomic E-state index is 13.3. The van der Waals surface area contributed by atoms with Crippen LogP contribution in [0.2, 0.25) is 0 Å². The third kappa shape index (κ3) is 2.59. The van der Waals surface area contributed by atoms with E-state index in [0.717, 1.165) is 17.0 Å². The van der Waals surface area contributed by atoms with Gasteiger partial charge >= 0.3 is 5.97 Å². The van der Waals surface area contributed by atoms with Gasteiger partial charge in [0, 0.05) is 0 Å². The van der Waals surface area contributed by atoms with Crippen molar-refractivity contribution in [2.24, 2.45) is 0 Å². The average Bonchev–Trinajstić information content (AvgIpc) is 2.77. The highest BCUT2D eigenvalue weighted by atomic mass is 19.1. The van der Waals surface area contributed by atoms with E-state index in [1.807, 2.05) is 0 Å². The van der Waals surface area contributed by atoms with Crippen LogP contribution in [0.1, 0.15) is 38.7 Å². The molecule has 1 N–H and O–H groups in total. The van der Waals surface area contributed by atoms with Gasteiger partial charge in [-0.3, -0.25) is 19.3 Å². The summed E-state index contributed by atoms with van der Waals surface area (Å²) in [5.41, 5.74) is 0.578. The lowest BCUT2D eigenvalue weighted by atomic mass is 10.0. The summed E-state index contributed by atoms with van der Waals surface area (Å²) in [5.74, 6) is -3.05. The van der Waals surface area contributed by atoms with Crippen LogP contribution in [0, 0.1) is 5.82 Å². The molecule has 0 saturated carbocycles. The van der Waals surface area contributed by atoms with E-state index < -0.39 is 36.1 Å². The Hall–Kier alpha value is -3.02. The average molecular weight is 313 g/mol. The van der Waals surface area contributed by atoms with Crippen LogP contribution in [0.25, 0.3) is 0 Å². The molecule has 1 atom stereocenters. The molecule has 2 aromatic carbocycles. The molecule has 5 nitrogen and oxygen atoms in total. The molecule has 1 aliphatic heterocycles. The molecule has 0 radical (unpaired) electrons. The zero-order valence-electron chi connectivity index (χ0n) is 11.9. The van der Waals surface area contributed by atoms with E-state index in [9.17, 15) is 18.8 Å². The minimum Gasteiger partial charge on any atom is -0.481 e. The summed E-state index contributed by atoms with van der Waals surface area (Å²) in [6.07, 6.45) is -0.419. The number of carboxylic acids is 1. The zero-order chi connectivity index (χ0) is 16.6. The Morgan fingerprint density at radius 3 is 2.35 bits per heavy atom. The van der Waals surface area contributed by atoms with Crippen LogP contribution in [0.3, 0.4) is 0 Å². The first-order chi connectivity index (χ1) is 11.0. The number of hydrogen-bond donors (Lipinski definition) is 1. The molecule has 1 heterocycles. The summed E-state index contributed by atoms with van der Waals surface area (Å²) >= 11 is 0. The van der Waals surface area contributed by atoms with Gasteiger partial charge in [0.15, 0.2) is 0 Å². The second-order valence-corrected chi connectivity index (χ2v) is 5.19. The Morgan fingerprint density at radius 2 is 1.70 bits per heavy atom. The number of amides is 2. The van der Waals surface area contributed by atoms with Crippen molar-refractivity contribution in [3.8, 4) is 0 Å². The molecular weight excluding hydrogens is 301 g/mol. The highest BCUT2D eigenvalue weighted by Gasteiger charge is 2.41. The molecular formula is C17H12FNO4. The van der Waals surface area contributed by atoms with Crippen LogP contribution in [-0.2, 0) is 4.79 Å². The molecule has 0 saturated heterocycles. The topological polar surface area (TPSA) is 74.7 Å². The first kappa shape index (κ1) is 14.9. The van der Waals surface area contributed by atoms with Crippen LogP contribution in [0.4, 0.5) is 4.39 Å². The van der Waals surface area contributed by atoms with Crippen molar-refractivity contribution >= 4 is 17.8 Å². The van der Waals surface area contributed by atoms with Gasteiger partial charge < -0.3 is 5.11 Å². The molecule has 116 valence electrons. The van der Waals surface area contributed by atoms with Gasteiger partial charge in [0.05, 0.1) is 23.6 Å². The van der Waals surface area contributed by atoms with Gasteiger partial charge in [0.2, 0.25) is 0 Å². The molecule has 1 unspecified atom stereocenters. The Morgan fingerprint density at radius 1 is 1.04 bits per heavy atom. The Bertz CT molecular complexity index is 803. The van der Waals surface area contributed by atoms with Crippen molar-refractivity contribution in [3.63, 3.8) is 0 Å². The number of halogens is 1. The molecule has 2 aromatic rings. The molecule has 1 aliphatic rings. The first-order valence-electron chi connectivity index (χ1n) is 6.93. The normalized spacial score (nSPS) is 14.7. The number of hydrogen-bond acceptors (Lipinski definition) is 3. The van der Waals surface area contributed by atoms with Crippen LogP contribution >= 0.6 is 0 Å². The van der Waals surface area contributed by atoms with Gasteiger partial charge in [-0.15, -0.1) is 0 Å². The van der Waals surface area contributed by atoms with Crippen molar-refractivity contribution in [1.82, 2.24) is 4.90 Å². The van der Waals surface area contributed by atoms with Crippen LogP contribution in [0.15, 0.2) is 48.5 Å². The van der Waals surface area contributed by atoms with Crippen molar-refractivity contribution in [1.29, 1.82) is 0 Å². The zero-order valence-corrected chi connectivity index (χ0v) is 11.9. The van der Waals surface area contributed by atoms with Crippen molar-refractivity contribution < 1.29 is 23.9 Å². The standard InChI is InChI=1S/C17H12FNO4/c18-11-6-7-12-13(8-11)17(23)19(16(12)22)14(9-15(20)21)10-4-2-1-3-5-10/h1-8,14H,9H2,(H,20,21). The quantitative estimate of drug-likeness (QED) is 0.881. The van der Waals surface area contributed by atoms with Gasteiger partial charge in [-0.25, -0.2) is 4.39 Å². The van der Waals surface area contributed by atoms with Gasteiger partial charge in [0.1, 0.15) is 5.82 Å². The smallest absolute Gasteiger partial charge is 0.305 e. The van der Waals surface area contributed by atoms with E-state index >= 15 is 0 Å². The lowest BCUT2D eigenvalue weighted by Crippen LogP contribution is -2.35. The number of fused-ring (bicyclic) bond motifs is 1. The fourth-order valence-electron chi connectivity index (χ4n) is 2.71. The molecule has 2 amide bonds. The van der Waals surface area contributed by atoms with E-state index in [1.165, 1.54) is 6.07 Å². The van der Waals surface area contributed by atoms with E-state index in [2.05, 4.69) is 0 Å². The predicted octanol–water partition coefficient (Wildman–Crippen LogP) is 2.64. The van der Waals surface area contributed by atoms with Crippen LogP contribution in [-0.4, -0.2) is 27.8 Å². The summed E-state index contributed by atoms with van der Waals surface area (Å²) in [4.78, 5) is 37.1. The summed E-state index contributed by atoms with van der Waals surface area (Å²) in [5, 5.41) is 9.13. The fraction of sp³-hybridized carbons (Fsp3) is 0.118. The lowest BCUT2D eigenvalue weighted by molar-refractivity contribution is -0.138. The molecule has 6 heteroatoms. The van der Waals surface area contributed by atoms with Crippen LogP contribution < -0.4 is 0 Å². The van der Waals surface area contributed by atoms with Crippen molar-refractivity contribution in [2.45, 2.75) is 12.5 Å². The highest BCUT2D eigenvalue weighted by Crippen LogP contribution is 2.33. The predicted molar refractivity (Wildman–Crippen MR) is 78.3 cm³/mol. The minimum absolute atomic E-state index is 0.0404. The molecule has 3 rings (SSSR count). The number of carbonyl (C=O) groups excluding carboxylic acids is 2. The summed E-state index contributed by atoms with van der Waals surface area (Å²) in [6.45, 7) is 0. The SMILES string of the molecule is O=C(O)CC(c1ccccc1)N1C(=O)c2ccc(F)cc2C1=O. The number of carbonyl (C=O) groups is 3. The lowest BCUT2D eigenvalue weighted by Gasteiger charge is -2.25. The van der Waals surface area contributed by atoms with E-state index in [4.69, 9.17) is 5.11 Å². The highest BCUT2D eigenvalue weighted by molar-refractivity contribution is 6.21. The minimum atomic E-state index is -1.14. The van der Waals surface area contributed by atoms with E-state index in [1.54, 1.807) is 30.3 Å². The van der Waals surface area contributed by atoms with Gasteiger partial charge in [-0.1, -0.05) is 30.3 Å². The Kier molecular flexibility index (Phi) is 3.65. The number of imide groups is 1. The fourth-order valence-corrected chi connectivity index (χ4v) is 2.71. The van der Waals surface area contributed by atoms with Crippen LogP contribution in [0.5, 0.6) is 0 Å². The number of aliphatic carboxylic acids is 1. The summed E-state index contributed by atoms with van der Waals surface area (Å²) in [6, 6.07) is 10.8. The van der Waals surface area contributed by atoms with E-state index in [-0.39, 0.29) is 11.1 Å². The second kappa shape index (κ2) is 5.64. The summed E-state index contributed by atoms with van der Waals surface area (Å²) in [7, 11) is 0. The monoisotopic (exact) mass is 313 g/mol. The van der Waals surface area contributed by atoms with Gasteiger partial charge in [-0.2, -0.15) is 0 Å². The maximum atomic E-state index is 13.3. The van der Waals surface area contributed by atoms with Crippen molar-refractivity contribution in [2.75, 3.05) is 0 Å². The first-order valence-corrected chi connectivity index (χ1v) is 6.93. The van der Waals surface area contributed by atoms with Gasteiger partial charge in [-0.05, 0) is 23.8 Å². The second-order valence-electron chi connectivity index (χ2n) is 5.19. The molecule has 0 bridgehead atoms.